The zero-order valence-electron chi connectivity index (χ0n) is 12.6. The fourth-order valence-electron chi connectivity index (χ4n) is 2.02. The number of aryl methyl sites for hydroxylation is 1. The Kier molecular flexibility index (Phi) is 4.74. The minimum Gasteiger partial charge on any atom is -0.378 e. The van der Waals surface area contributed by atoms with Crippen molar-refractivity contribution in [3.8, 4) is 0 Å². The summed E-state index contributed by atoms with van der Waals surface area (Å²) in [5.74, 6) is 1.37. The number of nitrogens with one attached hydrogen (secondary N) is 1. The Bertz CT molecular complexity index is 533. The normalized spacial score (nSPS) is 12.4. The molecule has 2 aromatic rings. The highest BCUT2D eigenvalue weighted by molar-refractivity contribution is 5.46. The van der Waals surface area contributed by atoms with Gasteiger partial charge in [0.25, 0.3) is 0 Å². The van der Waals surface area contributed by atoms with Gasteiger partial charge in [-0.15, -0.1) is 0 Å². The fraction of sp³-hybridized carbons (Fsp3) is 0.467. The van der Waals surface area contributed by atoms with Crippen LogP contribution in [0.1, 0.15) is 30.2 Å². The Hall–Kier alpha value is -1.88. The molecule has 1 aromatic carbocycles. The van der Waals surface area contributed by atoms with Crippen LogP contribution in [0, 0.1) is 6.92 Å². The molecule has 0 amide bonds. The van der Waals surface area contributed by atoms with Crippen molar-refractivity contribution in [3.05, 3.63) is 41.5 Å². The number of rotatable bonds is 6. The Morgan fingerprint density at radius 1 is 1.25 bits per heavy atom. The Balaban J connectivity index is 1.83. The van der Waals surface area contributed by atoms with Crippen LogP contribution >= 0.6 is 0 Å². The maximum absolute atomic E-state index is 5.09. The zero-order valence-corrected chi connectivity index (χ0v) is 12.6. The van der Waals surface area contributed by atoms with Crippen molar-refractivity contribution in [1.82, 2.24) is 15.5 Å². The van der Waals surface area contributed by atoms with Gasteiger partial charge >= 0.3 is 0 Å². The van der Waals surface area contributed by atoms with Crippen molar-refractivity contribution in [2.45, 2.75) is 26.3 Å². The van der Waals surface area contributed by atoms with Gasteiger partial charge in [-0.1, -0.05) is 17.3 Å². The molecule has 2 rings (SSSR count). The Morgan fingerprint density at radius 2 is 1.95 bits per heavy atom. The third-order valence-electron chi connectivity index (χ3n) is 3.27. The van der Waals surface area contributed by atoms with E-state index in [0.29, 0.717) is 17.8 Å². The summed E-state index contributed by atoms with van der Waals surface area (Å²) in [4.78, 5) is 6.28. The van der Waals surface area contributed by atoms with Crippen molar-refractivity contribution < 1.29 is 4.52 Å². The predicted molar refractivity (Wildman–Crippen MR) is 79.9 cm³/mol. The van der Waals surface area contributed by atoms with E-state index in [9.17, 15) is 0 Å². The van der Waals surface area contributed by atoms with E-state index in [1.165, 1.54) is 11.3 Å². The first-order chi connectivity index (χ1) is 9.56. The van der Waals surface area contributed by atoms with E-state index >= 15 is 0 Å². The maximum atomic E-state index is 5.09. The SMILES string of the molecule is Cc1noc(CCNC(C)c2ccc(N(C)C)cc2)n1. The lowest BCUT2D eigenvalue weighted by Crippen LogP contribution is -2.21. The van der Waals surface area contributed by atoms with E-state index in [0.717, 1.165) is 13.0 Å². The van der Waals surface area contributed by atoms with Crippen molar-refractivity contribution in [2.75, 3.05) is 25.5 Å². The molecule has 0 bridgehead atoms. The topological polar surface area (TPSA) is 54.2 Å². The van der Waals surface area contributed by atoms with Gasteiger partial charge in [0.05, 0.1) is 0 Å². The van der Waals surface area contributed by atoms with E-state index in [2.05, 4.69) is 51.5 Å². The summed E-state index contributed by atoms with van der Waals surface area (Å²) in [6, 6.07) is 8.88. The molecule has 0 saturated heterocycles. The second-order valence-electron chi connectivity index (χ2n) is 5.15. The van der Waals surface area contributed by atoms with E-state index in [-0.39, 0.29) is 0 Å². The van der Waals surface area contributed by atoms with Crippen LogP contribution < -0.4 is 10.2 Å². The molecule has 0 spiro atoms. The van der Waals surface area contributed by atoms with Gasteiger partial charge in [0.1, 0.15) is 0 Å². The molecule has 1 aromatic heterocycles. The minimum absolute atomic E-state index is 0.301. The summed E-state index contributed by atoms with van der Waals surface area (Å²) in [5, 5.41) is 7.24. The predicted octanol–water partition coefficient (Wildman–Crippen LogP) is 2.34. The summed E-state index contributed by atoms with van der Waals surface area (Å²) in [7, 11) is 4.09. The van der Waals surface area contributed by atoms with E-state index in [4.69, 9.17) is 4.52 Å². The van der Waals surface area contributed by atoms with Gasteiger partial charge in [-0.05, 0) is 31.5 Å². The van der Waals surface area contributed by atoms with E-state index in [1.54, 1.807) is 0 Å². The van der Waals surface area contributed by atoms with Crippen LogP contribution in [-0.4, -0.2) is 30.8 Å². The molecule has 5 nitrogen and oxygen atoms in total. The first kappa shape index (κ1) is 14.5. The number of hydrogen-bond acceptors (Lipinski definition) is 5. The molecule has 1 unspecified atom stereocenters. The monoisotopic (exact) mass is 274 g/mol. The van der Waals surface area contributed by atoms with Crippen LogP contribution in [0.4, 0.5) is 5.69 Å². The number of hydrogen-bond donors (Lipinski definition) is 1. The molecular formula is C15H22N4O. The summed E-state index contributed by atoms with van der Waals surface area (Å²) >= 11 is 0. The third-order valence-corrected chi connectivity index (χ3v) is 3.27. The van der Waals surface area contributed by atoms with Crippen LogP contribution in [0.3, 0.4) is 0 Å². The Labute approximate surface area is 120 Å². The van der Waals surface area contributed by atoms with Crippen molar-refractivity contribution in [2.24, 2.45) is 0 Å². The van der Waals surface area contributed by atoms with E-state index in [1.807, 2.05) is 21.0 Å². The molecule has 0 aliphatic heterocycles. The van der Waals surface area contributed by atoms with E-state index < -0.39 is 0 Å². The average Bonchev–Trinajstić information content (AvgIpc) is 2.84. The number of nitrogens with zero attached hydrogens (tertiary/aromatic N) is 3. The number of aromatic nitrogens is 2. The van der Waals surface area contributed by atoms with Gasteiger partial charge in [0.2, 0.25) is 5.89 Å². The van der Waals surface area contributed by atoms with Gasteiger partial charge in [-0.25, -0.2) is 0 Å². The maximum Gasteiger partial charge on any atom is 0.227 e. The van der Waals surface area contributed by atoms with Crippen molar-refractivity contribution >= 4 is 5.69 Å². The fourth-order valence-corrected chi connectivity index (χ4v) is 2.02. The molecule has 0 aliphatic carbocycles. The summed E-state index contributed by atoms with van der Waals surface area (Å²) in [5.41, 5.74) is 2.49. The summed E-state index contributed by atoms with van der Waals surface area (Å²) < 4.78 is 5.09. The van der Waals surface area contributed by atoms with Crippen molar-refractivity contribution in [3.63, 3.8) is 0 Å². The first-order valence-corrected chi connectivity index (χ1v) is 6.86. The smallest absolute Gasteiger partial charge is 0.227 e. The molecular weight excluding hydrogens is 252 g/mol. The molecule has 0 aliphatic rings. The van der Waals surface area contributed by atoms with Gasteiger partial charge in [-0.3, -0.25) is 0 Å². The average molecular weight is 274 g/mol. The zero-order chi connectivity index (χ0) is 14.5. The lowest BCUT2D eigenvalue weighted by molar-refractivity contribution is 0.370. The molecule has 1 atom stereocenters. The molecule has 108 valence electrons. The summed E-state index contributed by atoms with van der Waals surface area (Å²) in [6.45, 7) is 4.80. The van der Waals surface area contributed by atoms with Gasteiger partial charge < -0.3 is 14.7 Å². The number of anilines is 1. The largest absolute Gasteiger partial charge is 0.378 e. The van der Waals surface area contributed by atoms with Gasteiger partial charge in [-0.2, -0.15) is 4.98 Å². The highest BCUT2D eigenvalue weighted by Gasteiger charge is 2.07. The van der Waals surface area contributed by atoms with Gasteiger partial charge in [0.15, 0.2) is 5.82 Å². The first-order valence-electron chi connectivity index (χ1n) is 6.86. The molecule has 0 saturated carbocycles. The molecule has 0 radical (unpaired) electrons. The summed E-state index contributed by atoms with van der Waals surface area (Å²) in [6.07, 6.45) is 0.751. The van der Waals surface area contributed by atoms with Crippen LogP contribution in [-0.2, 0) is 6.42 Å². The molecule has 1 N–H and O–H groups in total. The lowest BCUT2D eigenvalue weighted by Gasteiger charge is -2.16. The second-order valence-corrected chi connectivity index (χ2v) is 5.15. The van der Waals surface area contributed by atoms with Gasteiger partial charge in [0, 0.05) is 38.8 Å². The third kappa shape index (κ3) is 3.81. The van der Waals surface area contributed by atoms with Crippen LogP contribution in [0.2, 0.25) is 0 Å². The molecule has 20 heavy (non-hydrogen) atoms. The standard InChI is InChI=1S/C15H22N4O/c1-11(13-5-7-14(8-6-13)19(3)4)16-10-9-15-17-12(2)18-20-15/h5-8,11,16H,9-10H2,1-4H3. The minimum atomic E-state index is 0.301. The lowest BCUT2D eigenvalue weighted by atomic mass is 10.1. The highest BCUT2D eigenvalue weighted by Crippen LogP contribution is 2.17. The quantitative estimate of drug-likeness (QED) is 0.876. The van der Waals surface area contributed by atoms with Crippen LogP contribution in [0.25, 0.3) is 0 Å². The number of benzene rings is 1. The molecule has 1 heterocycles. The molecule has 0 fully saturated rings. The highest BCUT2D eigenvalue weighted by atomic mass is 16.5. The van der Waals surface area contributed by atoms with Crippen molar-refractivity contribution in [1.29, 1.82) is 0 Å². The Morgan fingerprint density at radius 3 is 2.50 bits per heavy atom. The van der Waals surface area contributed by atoms with Crippen LogP contribution in [0.15, 0.2) is 28.8 Å². The molecule has 5 heteroatoms. The second kappa shape index (κ2) is 6.52. The van der Waals surface area contributed by atoms with Crippen LogP contribution in [0.5, 0.6) is 0 Å².